The molecule has 0 fully saturated rings. The van der Waals surface area contributed by atoms with Crippen LogP contribution in [0.25, 0.3) is 10.8 Å². The summed E-state index contributed by atoms with van der Waals surface area (Å²) in [7, 11) is 0. The Morgan fingerprint density at radius 2 is 1.90 bits per heavy atom. The number of benzene rings is 2. The Balaban J connectivity index is 1.85. The van der Waals surface area contributed by atoms with E-state index in [1.54, 1.807) is 0 Å². The second-order valence-corrected chi connectivity index (χ2v) is 4.66. The first kappa shape index (κ1) is 13.4. The van der Waals surface area contributed by atoms with E-state index in [-0.39, 0.29) is 30.2 Å². The maximum absolute atomic E-state index is 11.8. The van der Waals surface area contributed by atoms with E-state index in [0.29, 0.717) is 0 Å². The highest BCUT2D eigenvalue weighted by molar-refractivity contribution is 5.85. The number of hydrogen-bond donors (Lipinski definition) is 1. The average Bonchev–Trinajstić information content (AvgIpc) is 2.53. The number of fused-ring (bicyclic) bond motifs is 1. The van der Waals surface area contributed by atoms with E-state index < -0.39 is 0 Å². The minimum Gasteiger partial charge on any atom is -0.482 e. The molecule has 2 aromatic carbocycles. The van der Waals surface area contributed by atoms with E-state index in [0.717, 1.165) is 16.3 Å². The highest BCUT2D eigenvalue weighted by atomic mass is 16.5. The quantitative estimate of drug-likeness (QED) is 0.799. The van der Waals surface area contributed by atoms with Crippen LogP contribution >= 0.6 is 0 Å². The lowest BCUT2D eigenvalue weighted by molar-refractivity contribution is 0.236. The molecule has 4 nitrogen and oxygen atoms in total. The molecule has 0 amide bonds. The van der Waals surface area contributed by atoms with Gasteiger partial charge >= 0.3 is 0 Å². The Morgan fingerprint density at radius 1 is 1.10 bits per heavy atom. The molecule has 1 heterocycles. The molecule has 3 rings (SSSR count). The lowest BCUT2D eigenvalue weighted by Crippen LogP contribution is -2.08. The smallest absolute Gasteiger partial charge is 0.227 e. The van der Waals surface area contributed by atoms with Gasteiger partial charge in [0.25, 0.3) is 0 Å². The SMILES string of the molecule is O=c1cc(CO)occ1OCc1cccc2ccccc12. The van der Waals surface area contributed by atoms with Crippen LogP contribution in [0, 0.1) is 0 Å². The topological polar surface area (TPSA) is 59.7 Å². The van der Waals surface area contributed by atoms with Crippen molar-refractivity contribution < 1.29 is 14.3 Å². The molecule has 0 saturated carbocycles. The van der Waals surface area contributed by atoms with Crippen LogP contribution in [0.15, 0.2) is 64.0 Å². The zero-order valence-electron chi connectivity index (χ0n) is 11.3. The van der Waals surface area contributed by atoms with Gasteiger partial charge in [0.05, 0.1) is 0 Å². The lowest BCUT2D eigenvalue weighted by Gasteiger charge is -2.08. The molecule has 0 aliphatic heterocycles. The van der Waals surface area contributed by atoms with E-state index in [1.807, 2.05) is 42.5 Å². The molecule has 0 radical (unpaired) electrons. The Morgan fingerprint density at radius 3 is 2.71 bits per heavy atom. The fourth-order valence-corrected chi connectivity index (χ4v) is 2.20. The van der Waals surface area contributed by atoms with Crippen LogP contribution in [0.1, 0.15) is 11.3 Å². The molecular formula is C17H14O4. The van der Waals surface area contributed by atoms with Crippen LogP contribution in [0.3, 0.4) is 0 Å². The van der Waals surface area contributed by atoms with Crippen LogP contribution in [-0.4, -0.2) is 5.11 Å². The molecule has 0 atom stereocenters. The highest BCUT2D eigenvalue weighted by Crippen LogP contribution is 2.19. The van der Waals surface area contributed by atoms with Gasteiger partial charge in [-0.1, -0.05) is 42.5 Å². The van der Waals surface area contributed by atoms with Crippen molar-refractivity contribution in [3.63, 3.8) is 0 Å². The molecule has 21 heavy (non-hydrogen) atoms. The summed E-state index contributed by atoms with van der Waals surface area (Å²) in [5, 5.41) is 11.1. The van der Waals surface area contributed by atoms with Crippen LogP contribution in [0.2, 0.25) is 0 Å². The Labute approximate surface area is 121 Å². The third kappa shape index (κ3) is 2.80. The molecule has 0 aliphatic carbocycles. The molecule has 0 spiro atoms. The summed E-state index contributed by atoms with van der Waals surface area (Å²) in [6.45, 7) is -0.0244. The predicted octanol–water partition coefficient (Wildman–Crippen LogP) is 2.86. The van der Waals surface area contributed by atoms with Crippen molar-refractivity contribution in [2.24, 2.45) is 0 Å². The first-order valence-electron chi connectivity index (χ1n) is 6.60. The van der Waals surface area contributed by atoms with Gasteiger partial charge in [-0.05, 0) is 16.3 Å². The molecule has 4 heteroatoms. The van der Waals surface area contributed by atoms with Gasteiger partial charge in [0, 0.05) is 6.07 Å². The summed E-state index contributed by atoms with van der Waals surface area (Å²) < 4.78 is 10.6. The summed E-state index contributed by atoms with van der Waals surface area (Å²) in [5.41, 5.74) is 0.698. The minimum absolute atomic E-state index is 0.139. The van der Waals surface area contributed by atoms with Crippen molar-refractivity contribution in [2.75, 3.05) is 0 Å². The third-order valence-electron chi connectivity index (χ3n) is 3.27. The lowest BCUT2D eigenvalue weighted by atomic mass is 10.1. The van der Waals surface area contributed by atoms with E-state index in [2.05, 4.69) is 0 Å². The normalized spacial score (nSPS) is 10.7. The largest absolute Gasteiger partial charge is 0.482 e. The van der Waals surface area contributed by atoms with Crippen LogP contribution < -0.4 is 10.2 Å². The summed E-state index contributed by atoms with van der Waals surface area (Å²) in [5.74, 6) is 0.359. The molecule has 0 saturated heterocycles. The second-order valence-electron chi connectivity index (χ2n) is 4.66. The third-order valence-corrected chi connectivity index (χ3v) is 3.27. The zero-order valence-corrected chi connectivity index (χ0v) is 11.3. The van der Waals surface area contributed by atoms with Crippen molar-refractivity contribution >= 4 is 10.8 Å². The van der Waals surface area contributed by atoms with Gasteiger partial charge in [0.2, 0.25) is 11.2 Å². The van der Waals surface area contributed by atoms with Gasteiger partial charge in [0.15, 0.2) is 0 Å². The highest BCUT2D eigenvalue weighted by Gasteiger charge is 2.06. The molecule has 0 bridgehead atoms. The molecule has 1 aromatic heterocycles. The number of aliphatic hydroxyl groups excluding tert-OH is 1. The average molecular weight is 282 g/mol. The zero-order chi connectivity index (χ0) is 14.7. The fourth-order valence-electron chi connectivity index (χ4n) is 2.20. The Kier molecular flexibility index (Phi) is 3.71. The van der Waals surface area contributed by atoms with Gasteiger partial charge in [-0.25, -0.2) is 0 Å². The van der Waals surface area contributed by atoms with Crippen molar-refractivity contribution in [1.82, 2.24) is 0 Å². The van der Waals surface area contributed by atoms with Gasteiger partial charge in [0.1, 0.15) is 25.2 Å². The standard InChI is InChI=1S/C17H14O4/c18-9-14-8-16(19)17(11-20-14)21-10-13-6-3-5-12-4-1-2-7-15(12)13/h1-8,11,18H,9-10H2. The minimum atomic E-state index is -0.307. The molecule has 106 valence electrons. The number of hydrogen-bond acceptors (Lipinski definition) is 4. The first-order valence-corrected chi connectivity index (χ1v) is 6.60. The van der Waals surface area contributed by atoms with Gasteiger partial charge in [-0.2, -0.15) is 0 Å². The van der Waals surface area contributed by atoms with Crippen LogP contribution in [0.5, 0.6) is 5.75 Å². The molecule has 0 aliphatic rings. The molecule has 3 aromatic rings. The Bertz CT molecular complexity index is 815. The Hall–Kier alpha value is -2.59. The van der Waals surface area contributed by atoms with E-state index in [9.17, 15) is 4.79 Å². The summed E-state index contributed by atoms with van der Waals surface area (Å²) in [4.78, 5) is 11.8. The number of aliphatic hydroxyl groups is 1. The maximum atomic E-state index is 11.8. The van der Waals surface area contributed by atoms with Gasteiger partial charge in [-0.3, -0.25) is 4.79 Å². The van der Waals surface area contributed by atoms with E-state index >= 15 is 0 Å². The van der Waals surface area contributed by atoms with Gasteiger partial charge in [-0.15, -0.1) is 0 Å². The summed E-state index contributed by atoms with van der Waals surface area (Å²) in [6, 6.07) is 15.2. The fraction of sp³-hybridized carbons (Fsp3) is 0.118. The molecular weight excluding hydrogens is 268 g/mol. The van der Waals surface area contributed by atoms with Crippen LogP contribution in [-0.2, 0) is 13.2 Å². The van der Waals surface area contributed by atoms with E-state index in [1.165, 1.54) is 12.3 Å². The maximum Gasteiger partial charge on any atom is 0.227 e. The number of rotatable bonds is 4. The van der Waals surface area contributed by atoms with E-state index in [4.69, 9.17) is 14.3 Å². The molecule has 1 N–H and O–H groups in total. The summed E-state index contributed by atoms with van der Waals surface area (Å²) in [6.07, 6.45) is 1.24. The van der Waals surface area contributed by atoms with Crippen molar-refractivity contribution in [3.8, 4) is 5.75 Å². The first-order chi connectivity index (χ1) is 10.3. The predicted molar refractivity (Wildman–Crippen MR) is 79.2 cm³/mol. The van der Waals surface area contributed by atoms with Gasteiger partial charge < -0.3 is 14.3 Å². The van der Waals surface area contributed by atoms with Crippen molar-refractivity contribution in [2.45, 2.75) is 13.2 Å². The molecule has 0 unspecified atom stereocenters. The van der Waals surface area contributed by atoms with Crippen molar-refractivity contribution in [1.29, 1.82) is 0 Å². The number of ether oxygens (including phenoxy) is 1. The monoisotopic (exact) mass is 282 g/mol. The van der Waals surface area contributed by atoms with Crippen LogP contribution in [0.4, 0.5) is 0 Å². The summed E-state index contributed by atoms with van der Waals surface area (Å²) >= 11 is 0. The second kappa shape index (κ2) is 5.81. The van der Waals surface area contributed by atoms with Crippen molar-refractivity contribution in [3.05, 3.63) is 76.3 Å².